The molecule has 0 bridgehead atoms. The van der Waals surface area contributed by atoms with Crippen LogP contribution < -0.4 is 5.32 Å². The lowest BCUT2D eigenvalue weighted by molar-refractivity contribution is -0.129. The van der Waals surface area contributed by atoms with E-state index in [9.17, 15) is 9.59 Å². The third-order valence-corrected chi connectivity index (χ3v) is 3.09. The Labute approximate surface area is 138 Å². The molecule has 0 saturated heterocycles. The van der Waals surface area contributed by atoms with Crippen LogP contribution >= 0.6 is 0 Å². The van der Waals surface area contributed by atoms with Crippen LogP contribution in [-0.2, 0) is 16.0 Å². The number of pyridine rings is 1. The number of aromatic nitrogens is 1. The fourth-order valence-electron chi connectivity index (χ4n) is 1.89. The zero-order valence-electron chi connectivity index (χ0n) is 14.5. The highest BCUT2D eigenvalue weighted by Gasteiger charge is 2.15. The van der Waals surface area contributed by atoms with E-state index < -0.39 is 11.7 Å². The smallest absolute Gasteiger partial charge is 0.407 e. The maximum atomic E-state index is 12.0. The SMILES string of the molecule is CN(CCc1ccccn1)C(=O)CCCNC(=O)OC(C)(C)C. The van der Waals surface area contributed by atoms with Gasteiger partial charge < -0.3 is 15.0 Å². The monoisotopic (exact) mass is 321 g/mol. The number of likely N-dealkylation sites (N-methyl/N-ethyl adjacent to an activating group) is 1. The molecule has 23 heavy (non-hydrogen) atoms. The summed E-state index contributed by atoms with van der Waals surface area (Å²) in [7, 11) is 1.78. The maximum absolute atomic E-state index is 12.0. The Kier molecular flexibility index (Phi) is 7.51. The van der Waals surface area contributed by atoms with Gasteiger partial charge in [0.15, 0.2) is 0 Å². The number of amides is 2. The summed E-state index contributed by atoms with van der Waals surface area (Å²) in [5, 5.41) is 2.65. The van der Waals surface area contributed by atoms with Crippen molar-refractivity contribution in [1.29, 1.82) is 0 Å². The van der Waals surface area contributed by atoms with E-state index in [4.69, 9.17) is 4.74 Å². The highest BCUT2D eigenvalue weighted by atomic mass is 16.6. The molecule has 6 nitrogen and oxygen atoms in total. The van der Waals surface area contributed by atoms with Crippen LogP contribution in [0.2, 0.25) is 0 Å². The third-order valence-electron chi connectivity index (χ3n) is 3.09. The molecule has 0 aliphatic rings. The largest absolute Gasteiger partial charge is 0.444 e. The van der Waals surface area contributed by atoms with E-state index in [2.05, 4.69) is 10.3 Å². The minimum atomic E-state index is -0.508. The Morgan fingerprint density at radius 1 is 1.30 bits per heavy atom. The summed E-state index contributed by atoms with van der Waals surface area (Å²) >= 11 is 0. The highest BCUT2D eigenvalue weighted by Crippen LogP contribution is 2.06. The van der Waals surface area contributed by atoms with Crippen LogP contribution in [0.5, 0.6) is 0 Å². The number of alkyl carbamates (subject to hydrolysis) is 1. The van der Waals surface area contributed by atoms with E-state index in [1.54, 1.807) is 18.1 Å². The average Bonchev–Trinajstić information content (AvgIpc) is 2.48. The molecule has 1 N–H and O–H groups in total. The van der Waals surface area contributed by atoms with E-state index >= 15 is 0 Å². The van der Waals surface area contributed by atoms with Gasteiger partial charge in [-0.3, -0.25) is 9.78 Å². The number of carbonyl (C=O) groups excluding carboxylic acids is 2. The number of nitrogens with one attached hydrogen (secondary N) is 1. The standard InChI is InChI=1S/C17H27N3O3/c1-17(2,3)23-16(22)19-12-7-9-15(21)20(4)13-10-14-8-5-6-11-18-14/h5-6,8,11H,7,9-10,12-13H2,1-4H3,(H,19,22). The Morgan fingerprint density at radius 2 is 2.04 bits per heavy atom. The molecule has 0 aliphatic carbocycles. The van der Waals surface area contributed by atoms with Crippen molar-refractivity contribution >= 4 is 12.0 Å². The fraction of sp³-hybridized carbons (Fsp3) is 0.588. The van der Waals surface area contributed by atoms with Gasteiger partial charge in [0.25, 0.3) is 0 Å². The molecule has 0 radical (unpaired) electrons. The topological polar surface area (TPSA) is 71.5 Å². The molecule has 128 valence electrons. The molecule has 0 unspecified atom stereocenters. The van der Waals surface area contributed by atoms with E-state index in [0.29, 0.717) is 25.9 Å². The number of rotatable bonds is 7. The maximum Gasteiger partial charge on any atom is 0.407 e. The minimum absolute atomic E-state index is 0.0620. The molecule has 2 amide bonds. The van der Waals surface area contributed by atoms with Gasteiger partial charge in [0.05, 0.1) is 0 Å². The molecule has 0 atom stereocenters. The second-order valence-electron chi connectivity index (χ2n) is 6.42. The van der Waals surface area contributed by atoms with Crippen LogP contribution in [0.4, 0.5) is 4.79 Å². The van der Waals surface area contributed by atoms with Crippen LogP contribution in [-0.4, -0.2) is 47.6 Å². The molecule has 0 spiro atoms. The van der Waals surface area contributed by atoms with Gasteiger partial charge >= 0.3 is 6.09 Å². The number of carbonyl (C=O) groups is 2. The van der Waals surface area contributed by atoms with Gasteiger partial charge in [-0.15, -0.1) is 0 Å². The van der Waals surface area contributed by atoms with Gasteiger partial charge in [-0.2, -0.15) is 0 Å². The summed E-state index contributed by atoms with van der Waals surface area (Å²) in [4.78, 5) is 29.4. The zero-order valence-corrected chi connectivity index (χ0v) is 14.5. The summed E-state index contributed by atoms with van der Waals surface area (Å²) < 4.78 is 5.13. The highest BCUT2D eigenvalue weighted by molar-refractivity contribution is 5.76. The van der Waals surface area contributed by atoms with Crippen molar-refractivity contribution in [1.82, 2.24) is 15.2 Å². The van der Waals surface area contributed by atoms with Crippen LogP contribution in [0.25, 0.3) is 0 Å². The second kappa shape index (κ2) is 9.12. The van der Waals surface area contributed by atoms with Crippen molar-refractivity contribution < 1.29 is 14.3 Å². The van der Waals surface area contributed by atoms with Crippen molar-refractivity contribution in [3.05, 3.63) is 30.1 Å². The summed E-state index contributed by atoms with van der Waals surface area (Å²) in [6.45, 7) is 6.50. The Bertz CT molecular complexity index is 498. The first-order valence-corrected chi connectivity index (χ1v) is 7.88. The number of ether oxygens (including phenoxy) is 1. The second-order valence-corrected chi connectivity index (χ2v) is 6.42. The van der Waals surface area contributed by atoms with Gasteiger partial charge in [-0.25, -0.2) is 4.79 Å². The summed E-state index contributed by atoms with van der Waals surface area (Å²) in [6.07, 6.45) is 3.02. The average molecular weight is 321 g/mol. The summed E-state index contributed by atoms with van der Waals surface area (Å²) in [5.41, 5.74) is 0.463. The molecule has 6 heteroatoms. The summed E-state index contributed by atoms with van der Waals surface area (Å²) in [5.74, 6) is 0.0620. The molecule has 1 heterocycles. The molecule has 1 rings (SSSR count). The van der Waals surface area contributed by atoms with Gasteiger partial charge in [0, 0.05) is 44.9 Å². The van der Waals surface area contributed by atoms with Gasteiger partial charge in [0.2, 0.25) is 5.91 Å². The summed E-state index contributed by atoms with van der Waals surface area (Å²) in [6, 6.07) is 5.76. The molecule has 1 aromatic heterocycles. The minimum Gasteiger partial charge on any atom is -0.444 e. The molecular weight excluding hydrogens is 294 g/mol. The van der Waals surface area contributed by atoms with Crippen LogP contribution in [0.3, 0.4) is 0 Å². The van der Waals surface area contributed by atoms with E-state index in [0.717, 1.165) is 12.1 Å². The molecule has 0 aromatic carbocycles. The lowest BCUT2D eigenvalue weighted by atomic mass is 10.2. The zero-order chi connectivity index (χ0) is 17.3. The molecule has 1 aromatic rings. The predicted molar refractivity (Wildman–Crippen MR) is 89.0 cm³/mol. The first-order chi connectivity index (χ1) is 10.8. The predicted octanol–water partition coefficient (Wildman–Crippen LogP) is 2.39. The Hall–Kier alpha value is -2.11. The number of hydrogen-bond acceptors (Lipinski definition) is 4. The Morgan fingerprint density at radius 3 is 2.65 bits per heavy atom. The number of nitrogens with zero attached hydrogens (tertiary/aromatic N) is 2. The number of hydrogen-bond donors (Lipinski definition) is 1. The Balaban J connectivity index is 2.17. The van der Waals surface area contributed by atoms with Crippen LogP contribution in [0.1, 0.15) is 39.3 Å². The fourth-order valence-corrected chi connectivity index (χ4v) is 1.89. The lowest BCUT2D eigenvalue weighted by Crippen LogP contribution is -2.34. The van der Waals surface area contributed by atoms with Crippen molar-refractivity contribution in [2.24, 2.45) is 0 Å². The van der Waals surface area contributed by atoms with Gasteiger partial charge in [-0.1, -0.05) is 6.07 Å². The van der Waals surface area contributed by atoms with Gasteiger partial charge in [-0.05, 0) is 39.3 Å². The molecule has 0 aliphatic heterocycles. The van der Waals surface area contributed by atoms with Crippen LogP contribution in [0.15, 0.2) is 24.4 Å². The van der Waals surface area contributed by atoms with E-state index in [1.807, 2.05) is 39.0 Å². The van der Waals surface area contributed by atoms with E-state index in [1.165, 1.54) is 0 Å². The first-order valence-electron chi connectivity index (χ1n) is 7.88. The van der Waals surface area contributed by atoms with Crippen molar-refractivity contribution in [2.45, 2.75) is 45.6 Å². The normalized spacial score (nSPS) is 11.0. The van der Waals surface area contributed by atoms with Crippen LogP contribution in [0, 0.1) is 0 Å². The molecule has 0 saturated carbocycles. The van der Waals surface area contributed by atoms with E-state index in [-0.39, 0.29) is 5.91 Å². The third kappa shape index (κ3) is 8.80. The molecule has 0 fully saturated rings. The first kappa shape index (κ1) is 18.9. The van der Waals surface area contributed by atoms with Crippen molar-refractivity contribution in [2.75, 3.05) is 20.1 Å². The lowest BCUT2D eigenvalue weighted by Gasteiger charge is -2.20. The quantitative estimate of drug-likeness (QED) is 0.783. The van der Waals surface area contributed by atoms with Crippen molar-refractivity contribution in [3.63, 3.8) is 0 Å². The van der Waals surface area contributed by atoms with Gasteiger partial charge in [0.1, 0.15) is 5.60 Å². The van der Waals surface area contributed by atoms with Crippen molar-refractivity contribution in [3.8, 4) is 0 Å². The molecular formula is C17H27N3O3.